The van der Waals surface area contributed by atoms with Gasteiger partial charge in [0, 0.05) is 10.1 Å². The Balaban J connectivity index is 3.25. The SMILES string of the molecule is NCc1cc(C(F)F)nc(CO)c1I. The van der Waals surface area contributed by atoms with Gasteiger partial charge in [-0.3, -0.25) is 0 Å². The number of nitrogens with two attached hydrogens (primary N) is 1. The van der Waals surface area contributed by atoms with Crippen molar-refractivity contribution in [3.63, 3.8) is 0 Å². The highest BCUT2D eigenvalue weighted by molar-refractivity contribution is 14.1. The summed E-state index contributed by atoms with van der Waals surface area (Å²) < 4.78 is 25.3. The molecular formula is C8H9F2IN2O. The first kappa shape index (κ1) is 11.7. The molecule has 0 spiro atoms. The van der Waals surface area contributed by atoms with Gasteiger partial charge in [-0.2, -0.15) is 0 Å². The lowest BCUT2D eigenvalue weighted by Crippen LogP contribution is -2.07. The maximum absolute atomic E-state index is 12.3. The van der Waals surface area contributed by atoms with Crippen LogP contribution in [0.3, 0.4) is 0 Å². The molecule has 0 unspecified atom stereocenters. The number of hydrogen-bond acceptors (Lipinski definition) is 3. The minimum absolute atomic E-state index is 0.160. The van der Waals surface area contributed by atoms with Gasteiger partial charge in [0.15, 0.2) is 0 Å². The topological polar surface area (TPSA) is 59.1 Å². The van der Waals surface area contributed by atoms with Crippen LogP contribution in [0.4, 0.5) is 8.78 Å². The summed E-state index contributed by atoms with van der Waals surface area (Å²) in [7, 11) is 0. The smallest absolute Gasteiger partial charge is 0.280 e. The Hall–Kier alpha value is -0.340. The Morgan fingerprint density at radius 3 is 2.64 bits per heavy atom. The van der Waals surface area contributed by atoms with Crippen LogP contribution in [0.5, 0.6) is 0 Å². The van der Waals surface area contributed by atoms with E-state index in [4.69, 9.17) is 10.8 Å². The molecule has 0 aliphatic heterocycles. The van der Waals surface area contributed by atoms with Crippen LogP contribution in [0.1, 0.15) is 23.4 Å². The number of aliphatic hydroxyl groups excluding tert-OH is 1. The molecule has 0 amide bonds. The molecule has 0 atom stereocenters. The third-order valence-electron chi connectivity index (χ3n) is 1.71. The maximum atomic E-state index is 12.3. The fourth-order valence-electron chi connectivity index (χ4n) is 1.03. The number of rotatable bonds is 3. The Bertz CT molecular complexity index is 308. The molecule has 0 radical (unpaired) electrons. The molecule has 6 heteroatoms. The molecule has 0 fully saturated rings. The molecule has 0 saturated carbocycles. The van der Waals surface area contributed by atoms with Gasteiger partial charge in [0.1, 0.15) is 5.69 Å². The molecule has 1 heterocycles. The summed E-state index contributed by atoms with van der Waals surface area (Å²) in [6, 6.07) is 1.27. The highest BCUT2D eigenvalue weighted by atomic mass is 127. The number of aliphatic hydroxyl groups is 1. The number of alkyl halides is 2. The van der Waals surface area contributed by atoms with Crippen LogP contribution in [-0.2, 0) is 13.2 Å². The van der Waals surface area contributed by atoms with Crippen LogP contribution >= 0.6 is 22.6 Å². The summed E-state index contributed by atoms with van der Waals surface area (Å²) >= 11 is 1.93. The average Bonchev–Trinajstić information content (AvgIpc) is 2.17. The van der Waals surface area contributed by atoms with Crippen LogP contribution in [0.25, 0.3) is 0 Å². The predicted molar refractivity (Wildman–Crippen MR) is 55.7 cm³/mol. The summed E-state index contributed by atoms with van der Waals surface area (Å²) in [5.41, 5.74) is 5.88. The molecule has 3 N–H and O–H groups in total. The van der Waals surface area contributed by atoms with E-state index >= 15 is 0 Å². The fourth-order valence-corrected chi connectivity index (χ4v) is 1.70. The number of aromatic nitrogens is 1. The largest absolute Gasteiger partial charge is 0.390 e. The second-order valence-corrected chi connectivity index (χ2v) is 3.71. The van der Waals surface area contributed by atoms with E-state index in [2.05, 4.69) is 4.98 Å². The van der Waals surface area contributed by atoms with Crippen LogP contribution in [0, 0.1) is 3.57 Å². The van der Waals surface area contributed by atoms with Gasteiger partial charge in [0.2, 0.25) is 0 Å². The summed E-state index contributed by atoms with van der Waals surface area (Å²) in [4.78, 5) is 3.64. The molecule has 1 rings (SSSR count). The highest BCUT2D eigenvalue weighted by Crippen LogP contribution is 2.23. The summed E-state index contributed by atoms with van der Waals surface area (Å²) in [6.45, 7) is -0.195. The average molecular weight is 314 g/mol. The Morgan fingerprint density at radius 2 is 2.21 bits per heavy atom. The van der Waals surface area contributed by atoms with E-state index in [0.717, 1.165) is 0 Å². The van der Waals surface area contributed by atoms with E-state index in [9.17, 15) is 8.78 Å². The zero-order chi connectivity index (χ0) is 10.7. The fraction of sp³-hybridized carbons (Fsp3) is 0.375. The lowest BCUT2D eigenvalue weighted by molar-refractivity contribution is 0.145. The van der Waals surface area contributed by atoms with Gasteiger partial charge >= 0.3 is 0 Å². The van der Waals surface area contributed by atoms with Crippen molar-refractivity contribution in [2.24, 2.45) is 5.73 Å². The standard InChI is InChI=1S/C8H9F2IN2O/c9-8(10)5-1-4(2-12)7(11)6(3-14)13-5/h1,8,14H,2-3,12H2. The minimum atomic E-state index is -2.64. The van der Waals surface area contributed by atoms with Crippen molar-refractivity contribution in [2.45, 2.75) is 19.6 Å². The molecule has 14 heavy (non-hydrogen) atoms. The van der Waals surface area contributed by atoms with Gasteiger partial charge in [0.25, 0.3) is 6.43 Å². The first-order valence-electron chi connectivity index (χ1n) is 3.87. The normalized spacial score (nSPS) is 11.0. The molecule has 0 saturated heterocycles. The van der Waals surface area contributed by atoms with Gasteiger partial charge in [-0.1, -0.05) is 0 Å². The molecule has 0 bridgehead atoms. The zero-order valence-electron chi connectivity index (χ0n) is 7.17. The second-order valence-electron chi connectivity index (χ2n) is 2.63. The number of nitrogens with zero attached hydrogens (tertiary/aromatic N) is 1. The van der Waals surface area contributed by atoms with Crippen molar-refractivity contribution in [1.82, 2.24) is 4.98 Å². The van der Waals surface area contributed by atoms with E-state index < -0.39 is 6.43 Å². The van der Waals surface area contributed by atoms with Crippen molar-refractivity contribution in [3.05, 3.63) is 26.6 Å². The lowest BCUT2D eigenvalue weighted by atomic mass is 10.2. The van der Waals surface area contributed by atoms with Gasteiger partial charge < -0.3 is 10.8 Å². The molecule has 1 aromatic heterocycles. The zero-order valence-corrected chi connectivity index (χ0v) is 9.33. The van der Waals surface area contributed by atoms with Gasteiger partial charge in [-0.15, -0.1) is 0 Å². The summed E-state index contributed by atoms with van der Waals surface area (Å²) in [5, 5.41) is 8.89. The van der Waals surface area contributed by atoms with Crippen molar-refractivity contribution in [1.29, 1.82) is 0 Å². The van der Waals surface area contributed by atoms with Crippen LogP contribution in [-0.4, -0.2) is 10.1 Å². The number of hydrogen-bond donors (Lipinski definition) is 2. The Morgan fingerprint density at radius 1 is 1.57 bits per heavy atom. The molecule has 0 aromatic carbocycles. The third-order valence-corrected chi connectivity index (χ3v) is 3.03. The van der Waals surface area contributed by atoms with Crippen molar-refractivity contribution >= 4 is 22.6 Å². The van der Waals surface area contributed by atoms with Crippen LogP contribution in [0.15, 0.2) is 6.07 Å². The quantitative estimate of drug-likeness (QED) is 0.833. The third kappa shape index (κ3) is 2.37. The van der Waals surface area contributed by atoms with E-state index in [0.29, 0.717) is 9.13 Å². The molecule has 78 valence electrons. The lowest BCUT2D eigenvalue weighted by Gasteiger charge is -2.08. The molecule has 0 aliphatic rings. The highest BCUT2D eigenvalue weighted by Gasteiger charge is 2.14. The van der Waals surface area contributed by atoms with Gasteiger partial charge in [-0.05, 0) is 34.2 Å². The minimum Gasteiger partial charge on any atom is -0.390 e. The molecule has 1 aromatic rings. The predicted octanol–water partition coefficient (Wildman–Crippen LogP) is 1.57. The van der Waals surface area contributed by atoms with Crippen molar-refractivity contribution in [2.75, 3.05) is 0 Å². The van der Waals surface area contributed by atoms with Gasteiger partial charge in [-0.25, -0.2) is 13.8 Å². The van der Waals surface area contributed by atoms with E-state index in [-0.39, 0.29) is 24.5 Å². The van der Waals surface area contributed by atoms with E-state index in [1.165, 1.54) is 6.07 Å². The summed E-state index contributed by atoms with van der Waals surface area (Å²) in [6.07, 6.45) is -2.64. The van der Waals surface area contributed by atoms with Crippen molar-refractivity contribution in [3.8, 4) is 0 Å². The number of halogens is 3. The monoisotopic (exact) mass is 314 g/mol. The first-order chi connectivity index (χ1) is 6.60. The summed E-state index contributed by atoms with van der Waals surface area (Å²) in [5.74, 6) is 0. The molecular weight excluding hydrogens is 305 g/mol. The van der Waals surface area contributed by atoms with Gasteiger partial charge in [0.05, 0.1) is 12.3 Å². The van der Waals surface area contributed by atoms with Crippen LogP contribution in [0.2, 0.25) is 0 Å². The Kier molecular flexibility index (Phi) is 4.14. The Labute approximate surface area is 93.5 Å². The van der Waals surface area contributed by atoms with E-state index in [1.807, 2.05) is 22.6 Å². The maximum Gasteiger partial charge on any atom is 0.280 e. The van der Waals surface area contributed by atoms with Crippen LogP contribution < -0.4 is 5.73 Å². The molecule has 3 nitrogen and oxygen atoms in total. The molecule has 0 aliphatic carbocycles. The van der Waals surface area contributed by atoms with E-state index in [1.54, 1.807) is 0 Å². The first-order valence-corrected chi connectivity index (χ1v) is 4.95. The second kappa shape index (κ2) is 4.94. The number of pyridine rings is 1. The van der Waals surface area contributed by atoms with Crippen molar-refractivity contribution < 1.29 is 13.9 Å².